The van der Waals surface area contributed by atoms with E-state index < -0.39 is 0 Å². The van der Waals surface area contributed by atoms with Gasteiger partial charge in [0.2, 0.25) is 0 Å². The van der Waals surface area contributed by atoms with Gasteiger partial charge in [0, 0.05) is 24.0 Å². The van der Waals surface area contributed by atoms with Gasteiger partial charge in [-0.15, -0.1) is 0 Å². The zero-order chi connectivity index (χ0) is 13.9. The highest BCUT2D eigenvalue weighted by atomic mass is 32.2. The lowest BCUT2D eigenvalue weighted by Gasteiger charge is -2.12. The second-order valence-corrected chi connectivity index (χ2v) is 6.50. The Morgan fingerprint density at radius 1 is 1.25 bits per heavy atom. The molecule has 0 saturated carbocycles. The van der Waals surface area contributed by atoms with E-state index in [9.17, 15) is 0 Å². The molecule has 1 aliphatic rings. The van der Waals surface area contributed by atoms with Crippen molar-refractivity contribution in [1.82, 2.24) is 4.90 Å². The molecule has 3 rings (SSSR count). The Bertz CT molecular complexity index is 564. The van der Waals surface area contributed by atoms with Crippen molar-refractivity contribution in [2.75, 3.05) is 13.1 Å². The Morgan fingerprint density at radius 3 is 2.75 bits per heavy atom. The number of hydrogen-bond donors (Lipinski definition) is 1. The van der Waals surface area contributed by atoms with Gasteiger partial charge < -0.3 is 10.2 Å². The number of hydrogen-bond acceptors (Lipinski definition) is 4. The van der Waals surface area contributed by atoms with Crippen LogP contribution in [0.3, 0.4) is 0 Å². The highest BCUT2D eigenvalue weighted by Gasteiger charge is 2.20. The van der Waals surface area contributed by atoms with E-state index in [0.29, 0.717) is 6.04 Å². The Kier molecular flexibility index (Phi) is 4.15. The largest absolute Gasteiger partial charge is 0.453 e. The van der Waals surface area contributed by atoms with Gasteiger partial charge in [-0.3, -0.25) is 4.90 Å². The number of furan rings is 1. The van der Waals surface area contributed by atoms with E-state index in [4.69, 9.17) is 10.2 Å². The van der Waals surface area contributed by atoms with Crippen LogP contribution in [0.4, 0.5) is 0 Å². The van der Waals surface area contributed by atoms with Crippen molar-refractivity contribution in [1.29, 1.82) is 0 Å². The van der Waals surface area contributed by atoms with E-state index in [0.717, 1.165) is 36.9 Å². The molecule has 1 aromatic carbocycles. The molecule has 1 aromatic heterocycles. The molecule has 1 saturated heterocycles. The Hall–Kier alpha value is -1.23. The van der Waals surface area contributed by atoms with Gasteiger partial charge in [0.05, 0.1) is 6.54 Å². The Morgan fingerprint density at radius 2 is 2.05 bits per heavy atom. The molecule has 1 aliphatic heterocycles. The van der Waals surface area contributed by atoms with Crippen LogP contribution in [-0.2, 0) is 6.54 Å². The molecule has 2 heterocycles. The third-order valence-electron chi connectivity index (χ3n) is 3.56. The molecule has 2 aromatic rings. The van der Waals surface area contributed by atoms with E-state index in [1.165, 1.54) is 10.5 Å². The lowest BCUT2D eigenvalue weighted by Crippen LogP contribution is -2.26. The van der Waals surface area contributed by atoms with Crippen LogP contribution < -0.4 is 5.73 Å². The van der Waals surface area contributed by atoms with Crippen molar-refractivity contribution < 1.29 is 4.42 Å². The summed E-state index contributed by atoms with van der Waals surface area (Å²) in [6.45, 7) is 5.01. The number of likely N-dealkylation sites (tertiary alicyclic amines) is 1. The molecule has 20 heavy (non-hydrogen) atoms. The highest BCUT2D eigenvalue weighted by molar-refractivity contribution is 7.99. The molecule has 106 valence electrons. The van der Waals surface area contributed by atoms with E-state index >= 15 is 0 Å². The number of benzene rings is 1. The van der Waals surface area contributed by atoms with Gasteiger partial charge in [-0.25, -0.2) is 0 Å². The average Bonchev–Trinajstić information content (AvgIpc) is 3.02. The first-order valence-electron chi connectivity index (χ1n) is 7.00. The summed E-state index contributed by atoms with van der Waals surface area (Å²) in [6.07, 6.45) is 1.09. The van der Waals surface area contributed by atoms with E-state index in [1.54, 1.807) is 11.8 Å². The van der Waals surface area contributed by atoms with Crippen LogP contribution in [0.2, 0.25) is 0 Å². The minimum absolute atomic E-state index is 0.325. The third-order valence-corrected chi connectivity index (χ3v) is 4.49. The lowest BCUT2D eigenvalue weighted by atomic mass is 10.2. The van der Waals surface area contributed by atoms with Crippen LogP contribution in [0.25, 0.3) is 0 Å². The number of nitrogens with zero attached hydrogens (tertiary/aromatic N) is 1. The van der Waals surface area contributed by atoms with Gasteiger partial charge in [-0.2, -0.15) is 0 Å². The molecule has 0 bridgehead atoms. The number of aryl methyl sites for hydroxylation is 1. The average molecular weight is 288 g/mol. The summed E-state index contributed by atoms with van der Waals surface area (Å²) in [5.74, 6) is 1.02. The van der Waals surface area contributed by atoms with Crippen molar-refractivity contribution in [3.8, 4) is 0 Å². The topological polar surface area (TPSA) is 42.4 Å². The molecule has 4 heteroatoms. The molecular weight excluding hydrogens is 268 g/mol. The normalized spacial score (nSPS) is 19.6. The summed E-state index contributed by atoms with van der Waals surface area (Å²) in [5, 5.41) is 0.951. The van der Waals surface area contributed by atoms with Crippen molar-refractivity contribution in [2.45, 2.75) is 35.9 Å². The smallest absolute Gasteiger partial charge is 0.165 e. The van der Waals surface area contributed by atoms with Gasteiger partial charge in [-0.05, 0) is 37.6 Å². The predicted octanol–water partition coefficient (Wildman–Crippen LogP) is 3.27. The third kappa shape index (κ3) is 3.45. The zero-order valence-corrected chi connectivity index (χ0v) is 12.5. The second kappa shape index (κ2) is 6.04. The van der Waals surface area contributed by atoms with Gasteiger partial charge in [0.1, 0.15) is 5.76 Å². The fourth-order valence-corrected chi connectivity index (χ4v) is 3.24. The maximum atomic E-state index is 5.92. The van der Waals surface area contributed by atoms with Crippen molar-refractivity contribution >= 4 is 11.8 Å². The van der Waals surface area contributed by atoms with Crippen molar-refractivity contribution in [3.63, 3.8) is 0 Å². The van der Waals surface area contributed by atoms with Gasteiger partial charge in [0.25, 0.3) is 0 Å². The summed E-state index contributed by atoms with van der Waals surface area (Å²) in [5.41, 5.74) is 7.20. The molecule has 2 N–H and O–H groups in total. The van der Waals surface area contributed by atoms with Crippen LogP contribution in [0.15, 0.2) is 50.8 Å². The number of rotatable bonds is 4. The zero-order valence-electron chi connectivity index (χ0n) is 11.7. The van der Waals surface area contributed by atoms with Crippen molar-refractivity contribution in [2.24, 2.45) is 5.73 Å². The molecule has 3 nitrogen and oxygen atoms in total. The van der Waals surface area contributed by atoms with Crippen LogP contribution in [0, 0.1) is 6.92 Å². The summed E-state index contributed by atoms with van der Waals surface area (Å²) in [4.78, 5) is 3.56. The quantitative estimate of drug-likeness (QED) is 0.937. The van der Waals surface area contributed by atoms with E-state index in [-0.39, 0.29) is 0 Å². The first kappa shape index (κ1) is 13.7. The fourth-order valence-electron chi connectivity index (χ4n) is 2.45. The van der Waals surface area contributed by atoms with Gasteiger partial charge in [0.15, 0.2) is 5.09 Å². The molecule has 1 fully saturated rings. The molecular formula is C16H20N2OS. The van der Waals surface area contributed by atoms with Crippen molar-refractivity contribution in [3.05, 3.63) is 47.7 Å². The Labute approximate surface area is 124 Å². The first-order valence-corrected chi connectivity index (χ1v) is 7.82. The summed E-state index contributed by atoms with van der Waals surface area (Å²) in [7, 11) is 0. The molecule has 0 spiro atoms. The van der Waals surface area contributed by atoms with Crippen LogP contribution in [-0.4, -0.2) is 24.0 Å². The standard InChI is InChI=1S/C16H20N2OS/c1-12-2-5-15(6-3-12)20-16-7-4-14(19-16)11-18-9-8-13(17)10-18/h2-7,13H,8-11,17H2,1H3/t13-/m0/s1. The van der Waals surface area contributed by atoms with E-state index in [1.807, 2.05) is 0 Å². The van der Waals surface area contributed by atoms with E-state index in [2.05, 4.69) is 48.2 Å². The highest BCUT2D eigenvalue weighted by Crippen LogP contribution is 2.29. The lowest BCUT2D eigenvalue weighted by molar-refractivity contribution is 0.283. The fraction of sp³-hybridized carbons (Fsp3) is 0.375. The molecule has 1 atom stereocenters. The van der Waals surface area contributed by atoms with Crippen LogP contribution >= 0.6 is 11.8 Å². The monoisotopic (exact) mass is 288 g/mol. The summed E-state index contributed by atoms with van der Waals surface area (Å²) >= 11 is 1.67. The molecule has 0 amide bonds. The summed E-state index contributed by atoms with van der Waals surface area (Å²) < 4.78 is 5.90. The maximum Gasteiger partial charge on any atom is 0.165 e. The maximum absolute atomic E-state index is 5.92. The van der Waals surface area contributed by atoms with Gasteiger partial charge >= 0.3 is 0 Å². The van der Waals surface area contributed by atoms with Crippen LogP contribution in [0.1, 0.15) is 17.7 Å². The predicted molar refractivity (Wildman–Crippen MR) is 81.9 cm³/mol. The molecule has 0 unspecified atom stereocenters. The summed E-state index contributed by atoms with van der Waals surface area (Å²) in [6, 6.07) is 12.9. The minimum Gasteiger partial charge on any atom is -0.453 e. The molecule has 0 aliphatic carbocycles. The van der Waals surface area contributed by atoms with Gasteiger partial charge in [-0.1, -0.05) is 29.5 Å². The van der Waals surface area contributed by atoms with Crippen LogP contribution in [0.5, 0.6) is 0 Å². The molecule has 0 radical (unpaired) electrons. The first-order chi connectivity index (χ1) is 9.69. The Balaban J connectivity index is 1.60. The number of nitrogens with two attached hydrogens (primary N) is 1. The SMILES string of the molecule is Cc1ccc(Sc2ccc(CN3CC[C@H](N)C3)o2)cc1. The second-order valence-electron chi connectivity index (χ2n) is 5.42. The minimum atomic E-state index is 0.325.